The lowest BCUT2D eigenvalue weighted by Crippen LogP contribution is -2.46. The molecule has 1 aliphatic heterocycles. The van der Waals surface area contributed by atoms with Crippen LogP contribution in [0, 0.1) is 0 Å². The molecule has 1 fully saturated rings. The lowest BCUT2D eigenvalue weighted by Gasteiger charge is -2.30. The van der Waals surface area contributed by atoms with Crippen LogP contribution in [0.5, 0.6) is 5.75 Å². The Morgan fingerprint density at radius 1 is 1.21 bits per heavy atom. The largest absolute Gasteiger partial charge is 0.496 e. The van der Waals surface area contributed by atoms with E-state index in [1.807, 2.05) is 30.3 Å². The molecule has 204 valence electrons. The first-order chi connectivity index (χ1) is 18.8. The van der Waals surface area contributed by atoms with Crippen LogP contribution in [0.2, 0.25) is 0 Å². The lowest BCUT2D eigenvalue weighted by atomic mass is 9.96. The van der Waals surface area contributed by atoms with Gasteiger partial charge in [-0.3, -0.25) is 14.2 Å². The summed E-state index contributed by atoms with van der Waals surface area (Å²) in [6.45, 7) is 4.50. The number of pyridine rings is 2. The van der Waals surface area contributed by atoms with E-state index in [4.69, 9.17) is 24.4 Å². The van der Waals surface area contributed by atoms with Gasteiger partial charge in [0.1, 0.15) is 28.8 Å². The number of benzene rings is 1. The van der Waals surface area contributed by atoms with E-state index in [1.54, 1.807) is 33.2 Å². The van der Waals surface area contributed by atoms with Gasteiger partial charge in [0, 0.05) is 36.8 Å². The Morgan fingerprint density at radius 3 is 2.67 bits per heavy atom. The zero-order valence-electron chi connectivity index (χ0n) is 22.3. The highest BCUT2D eigenvalue weighted by Gasteiger charge is 2.31. The Balaban J connectivity index is 1.67. The van der Waals surface area contributed by atoms with Crippen molar-refractivity contribution in [2.45, 2.75) is 50.9 Å². The normalized spacial score (nSPS) is 15.4. The fourth-order valence-electron chi connectivity index (χ4n) is 4.85. The smallest absolute Gasteiger partial charge is 0.278 e. The van der Waals surface area contributed by atoms with Crippen molar-refractivity contribution in [1.82, 2.24) is 14.5 Å². The van der Waals surface area contributed by atoms with Gasteiger partial charge in [-0.2, -0.15) is 0 Å². The minimum Gasteiger partial charge on any atom is -0.496 e. The van der Waals surface area contributed by atoms with Crippen LogP contribution >= 0.6 is 0 Å². The first-order valence-electron chi connectivity index (χ1n) is 12.9. The van der Waals surface area contributed by atoms with Crippen LogP contribution in [-0.4, -0.2) is 46.9 Å². The summed E-state index contributed by atoms with van der Waals surface area (Å²) in [4.78, 5) is 34.9. The van der Waals surface area contributed by atoms with Gasteiger partial charge in [-0.25, -0.2) is 9.97 Å². The average Bonchev–Trinajstić information content (AvgIpc) is 3.49. The summed E-state index contributed by atoms with van der Waals surface area (Å²) in [5.41, 5.74) is 6.23. The van der Waals surface area contributed by atoms with Crippen molar-refractivity contribution in [2.24, 2.45) is 5.73 Å². The molecular weight excluding hydrogens is 500 g/mol. The highest BCUT2D eigenvalue weighted by molar-refractivity contribution is 5.85. The van der Waals surface area contributed by atoms with E-state index in [0.717, 1.165) is 24.0 Å². The molecule has 0 spiro atoms. The number of carbonyl (C=O) groups is 1. The Labute approximate surface area is 225 Å². The van der Waals surface area contributed by atoms with E-state index >= 15 is 0 Å². The third kappa shape index (κ3) is 5.30. The number of primary amides is 1. The number of rotatable bonds is 9. The fourth-order valence-corrected chi connectivity index (χ4v) is 4.85. The number of hydrogen-bond acceptors (Lipinski definition) is 8. The van der Waals surface area contributed by atoms with Crippen molar-refractivity contribution >= 4 is 16.8 Å². The topological polar surface area (TPSA) is 132 Å². The van der Waals surface area contributed by atoms with Crippen LogP contribution in [0.1, 0.15) is 43.9 Å². The summed E-state index contributed by atoms with van der Waals surface area (Å²) >= 11 is 0. The van der Waals surface area contributed by atoms with Crippen LogP contribution < -0.4 is 16.0 Å². The maximum Gasteiger partial charge on any atom is 0.278 e. The van der Waals surface area contributed by atoms with Crippen LogP contribution in [0.3, 0.4) is 0 Å². The minimum atomic E-state index is -1.30. The number of para-hydroxylation sites is 1. The Bertz CT molecular complexity index is 1520. The number of aromatic nitrogens is 3. The molecule has 1 aromatic carbocycles. The van der Waals surface area contributed by atoms with Crippen molar-refractivity contribution in [2.75, 3.05) is 20.3 Å². The standard InChI is InChI=1S/C29H32N4O6/c1-29(2,28(30)35)33-17-18(20-8-9-22(26-31-12-15-38-26)32-25(20)27(33)34)16-24(39-19-10-13-37-14-11-19)21-6-4-5-7-23(21)36-3/h4-9,12,15,17,19,24H,10-11,13-14,16H2,1-3H3,(H2,30,35)/t24-/m0/s1. The fraction of sp³-hybridized carbons (Fsp3) is 0.379. The zero-order valence-corrected chi connectivity index (χ0v) is 22.3. The highest BCUT2D eigenvalue weighted by atomic mass is 16.5. The van der Waals surface area contributed by atoms with Crippen LogP contribution in [0.15, 0.2) is 64.3 Å². The van der Waals surface area contributed by atoms with Gasteiger partial charge < -0.3 is 24.4 Å². The third-order valence-electron chi connectivity index (χ3n) is 7.22. The number of methoxy groups -OCH3 is 1. The second kappa shape index (κ2) is 11.0. The van der Waals surface area contributed by atoms with Crippen LogP contribution in [0.4, 0.5) is 0 Å². The second-order valence-electron chi connectivity index (χ2n) is 10.1. The number of hydrogen-bond donors (Lipinski definition) is 1. The number of carbonyl (C=O) groups excluding carboxylic acids is 1. The monoisotopic (exact) mass is 532 g/mol. The Morgan fingerprint density at radius 2 is 1.97 bits per heavy atom. The van der Waals surface area contributed by atoms with E-state index in [1.165, 1.54) is 17.0 Å². The number of nitrogens with zero attached hydrogens (tertiary/aromatic N) is 3. The number of amides is 1. The summed E-state index contributed by atoms with van der Waals surface area (Å²) in [6, 6.07) is 11.3. The summed E-state index contributed by atoms with van der Waals surface area (Å²) in [6.07, 6.45) is 6.20. The molecule has 2 N–H and O–H groups in total. The minimum absolute atomic E-state index is 0.00245. The maximum atomic E-state index is 13.7. The van der Waals surface area contributed by atoms with Gasteiger partial charge >= 0.3 is 0 Å². The molecule has 0 radical (unpaired) electrons. The van der Waals surface area contributed by atoms with Gasteiger partial charge in [0.2, 0.25) is 11.8 Å². The van der Waals surface area contributed by atoms with Crippen molar-refractivity contribution in [3.8, 4) is 17.3 Å². The maximum absolute atomic E-state index is 13.7. The molecule has 1 atom stereocenters. The average molecular weight is 533 g/mol. The zero-order chi connectivity index (χ0) is 27.6. The number of oxazole rings is 1. The first kappa shape index (κ1) is 26.6. The van der Waals surface area contributed by atoms with Gasteiger partial charge in [-0.15, -0.1) is 0 Å². The second-order valence-corrected chi connectivity index (χ2v) is 10.1. The molecule has 10 nitrogen and oxygen atoms in total. The van der Waals surface area contributed by atoms with E-state index in [2.05, 4.69) is 9.97 Å². The molecule has 0 aliphatic carbocycles. The molecule has 4 aromatic rings. The quantitative estimate of drug-likeness (QED) is 0.345. The molecule has 0 unspecified atom stereocenters. The molecule has 1 saturated heterocycles. The Kier molecular flexibility index (Phi) is 7.49. The lowest BCUT2D eigenvalue weighted by molar-refractivity contribution is -0.125. The highest BCUT2D eigenvalue weighted by Crippen LogP contribution is 2.34. The summed E-state index contributed by atoms with van der Waals surface area (Å²) in [7, 11) is 1.63. The molecule has 1 aliphatic rings. The van der Waals surface area contributed by atoms with Crippen molar-refractivity contribution < 1.29 is 23.4 Å². The third-order valence-corrected chi connectivity index (χ3v) is 7.22. The van der Waals surface area contributed by atoms with Crippen molar-refractivity contribution in [3.05, 3.63) is 76.5 Å². The summed E-state index contributed by atoms with van der Waals surface area (Å²) in [5.74, 6) is 0.351. The molecule has 0 saturated carbocycles. The SMILES string of the molecule is COc1ccccc1[C@H](Cc1cn(C(C)(C)C(N)=O)c(=O)c2nc(-c3ncco3)ccc12)OC1CCOCC1. The molecule has 39 heavy (non-hydrogen) atoms. The van der Waals surface area contributed by atoms with Gasteiger partial charge in [0.15, 0.2) is 0 Å². The van der Waals surface area contributed by atoms with Crippen LogP contribution in [-0.2, 0) is 26.2 Å². The van der Waals surface area contributed by atoms with Gasteiger partial charge in [-0.05, 0) is 50.5 Å². The molecule has 5 rings (SSSR count). The molecule has 4 heterocycles. The molecular formula is C29H32N4O6. The van der Waals surface area contributed by atoms with E-state index in [9.17, 15) is 9.59 Å². The van der Waals surface area contributed by atoms with Gasteiger partial charge in [0.25, 0.3) is 5.56 Å². The van der Waals surface area contributed by atoms with E-state index in [-0.39, 0.29) is 17.5 Å². The van der Waals surface area contributed by atoms with Gasteiger partial charge in [-0.1, -0.05) is 18.2 Å². The molecule has 10 heteroatoms. The summed E-state index contributed by atoms with van der Waals surface area (Å²) < 4.78 is 24.6. The van der Waals surface area contributed by atoms with Crippen molar-refractivity contribution in [3.63, 3.8) is 0 Å². The molecule has 1 amide bonds. The van der Waals surface area contributed by atoms with Crippen molar-refractivity contribution in [1.29, 1.82) is 0 Å². The number of ether oxygens (including phenoxy) is 3. The first-order valence-corrected chi connectivity index (χ1v) is 12.9. The molecule has 3 aromatic heterocycles. The molecule has 0 bridgehead atoms. The Hall–Kier alpha value is -4.02. The van der Waals surface area contributed by atoms with E-state index < -0.39 is 23.1 Å². The number of fused-ring (bicyclic) bond motifs is 1. The van der Waals surface area contributed by atoms with Crippen LogP contribution in [0.25, 0.3) is 22.5 Å². The predicted octanol–water partition coefficient (Wildman–Crippen LogP) is 3.76. The predicted molar refractivity (Wildman–Crippen MR) is 144 cm³/mol. The van der Waals surface area contributed by atoms with Gasteiger partial charge in [0.05, 0.1) is 25.5 Å². The number of nitrogens with two attached hydrogens (primary N) is 1. The van der Waals surface area contributed by atoms with E-state index in [0.29, 0.717) is 36.5 Å². The summed E-state index contributed by atoms with van der Waals surface area (Å²) in [5, 5.41) is 0.641.